The molecule has 3 aromatic heterocycles. The number of hydrogen-bond acceptors (Lipinski definition) is 6. The van der Waals surface area contributed by atoms with E-state index in [9.17, 15) is 8.60 Å². The summed E-state index contributed by atoms with van der Waals surface area (Å²) in [6.07, 6.45) is 8.10. The zero-order valence-corrected chi connectivity index (χ0v) is 28.0. The molecule has 43 heavy (non-hydrogen) atoms. The number of benzene rings is 1. The molecule has 1 aromatic carbocycles. The highest BCUT2D eigenvalue weighted by atomic mass is 32.2. The second-order valence-corrected chi connectivity index (χ2v) is 20.3. The number of alkyl halides is 1. The summed E-state index contributed by atoms with van der Waals surface area (Å²) in [6.45, 7) is 14.7. The van der Waals surface area contributed by atoms with Gasteiger partial charge < -0.3 is 4.43 Å². The minimum absolute atomic E-state index is 0.0381. The highest BCUT2D eigenvalue weighted by molar-refractivity contribution is 7.84. The Morgan fingerprint density at radius 2 is 1.84 bits per heavy atom. The zero-order valence-electron chi connectivity index (χ0n) is 26.2. The highest BCUT2D eigenvalue weighted by Crippen LogP contribution is 2.48. The molecule has 0 amide bonds. The number of pyridine rings is 1. The van der Waals surface area contributed by atoms with Crippen molar-refractivity contribution < 1.29 is 13.0 Å². The molecule has 1 aliphatic rings. The average molecular weight is 623 g/mol. The summed E-state index contributed by atoms with van der Waals surface area (Å²) < 4.78 is 33.6. The van der Waals surface area contributed by atoms with Crippen LogP contribution in [0.2, 0.25) is 18.1 Å². The Kier molecular flexibility index (Phi) is 8.74. The van der Waals surface area contributed by atoms with Crippen molar-refractivity contribution in [2.45, 2.75) is 95.5 Å². The summed E-state index contributed by atoms with van der Waals surface area (Å²) in [5.41, 5.74) is 3.70. The van der Waals surface area contributed by atoms with Crippen LogP contribution in [-0.4, -0.2) is 48.1 Å². The third-order valence-corrected chi connectivity index (χ3v) is 15.1. The predicted molar refractivity (Wildman–Crippen MR) is 173 cm³/mol. The van der Waals surface area contributed by atoms with E-state index in [2.05, 4.69) is 48.9 Å². The van der Waals surface area contributed by atoms with Gasteiger partial charge in [0.15, 0.2) is 14.1 Å². The number of rotatable bonds is 10. The van der Waals surface area contributed by atoms with Crippen LogP contribution in [0.4, 0.5) is 4.39 Å². The molecule has 0 spiro atoms. The van der Waals surface area contributed by atoms with Gasteiger partial charge in [-0.25, -0.2) is 23.2 Å². The Hall–Kier alpha value is -2.86. The summed E-state index contributed by atoms with van der Waals surface area (Å²) in [6, 6.07) is 11.3. The number of fused-ring (bicyclic) bond motifs is 1. The molecule has 1 fully saturated rings. The number of nitrogens with two attached hydrogens (primary N) is 1. The van der Waals surface area contributed by atoms with Crippen molar-refractivity contribution in [2.24, 2.45) is 11.1 Å². The van der Waals surface area contributed by atoms with Crippen molar-refractivity contribution in [1.29, 1.82) is 0 Å². The minimum atomic E-state index is -1.88. The van der Waals surface area contributed by atoms with E-state index in [1.807, 2.05) is 44.3 Å². The molecule has 0 radical (unpaired) electrons. The van der Waals surface area contributed by atoms with Crippen LogP contribution in [0.5, 0.6) is 0 Å². The van der Waals surface area contributed by atoms with Crippen molar-refractivity contribution in [3.8, 4) is 17.1 Å². The number of nitrogens with zero attached hydrogens (tertiary/aromatic N) is 5. The van der Waals surface area contributed by atoms with Crippen LogP contribution in [0, 0.1) is 5.92 Å². The van der Waals surface area contributed by atoms with Gasteiger partial charge in [0.25, 0.3) is 0 Å². The first kappa shape index (κ1) is 31.6. The van der Waals surface area contributed by atoms with Crippen LogP contribution >= 0.6 is 0 Å². The molecule has 0 saturated heterocycles. The number of hydrogen-bond donors (Lipinski definition) is 1. The van der Waals surface area contributed by atoms with Gasteiger partial charge in [0.05, 0.1) is 50.7 Å². The molecule has 8 nitrogen and oxygen atoms in total. The molecule has 3 heterocycles. The van der Waals surface area contributed by atoms with Crippen molar-refractivity contribution in [2.75, 3.05) is 0 Å². The molecule has 230 valence electrons. The number of halogens is 1. The van der Waals surface area contributed by atoms with Crippen LogP contribution in [0.15, 0.2) is 55.0 Å². The first-order chi connectivity index (χ1) is 20.2. The van der Waals surface area contributed by atoms with Gasteiger partial charge in [0, 0.05) is 29.2 Å². The van der Waals surface area contributed by atoms with Crippen molar-refractivity contribution in [3.63, 3.8) is 0 Å². The standard InChI is InChI=1S/C32H43FN6O2SSi/c1-31(2,3)43(6,7)41-25-13-23(14-25)26(16-32(4,5)42(34)40)28-20-35-19-27(38-28)21-11-12-22-18-36-39(29(22)15-21)30-10-8-9-24(17-33)37-30/h8-12,15,18-20,23,25-26H,13-14,16-17,34H2,1-7H3/t23?,25?,26-,42?/m0/s1. The van der Waals surface area contributed by atoms with Gasteiger partial charge >= 0.3 is 0 Å². The molecule has 2 N–H and O–H groups in total. The topological polar surface area (TPSA) is 109 Å². The molecule has 1 aliphatic carbocycles. The molecule has 1 unspecified atom stereocenters. The first-order valence-electron chi connectivity index (χ1n) is 14.8. The third kappa shape index (κ3) is 6.64. The quantitative estimate of drug-likeness (QED) is 0.190. The Balaban J connectivity index is 1.45. The SMILES string of the molecule is CC(C)(C[C@H](c1cncc(-c2ccc3cnn(-c4cccc(CF)n4)c3c2)n1)C1CC(O[Si](C)(C)C(C)(C)C)C1)S(N)=O. The van der Waals surface area contributed by atoms with Crippen molar-refractivity contribution in [3.05, 3.63) is 66.4 Å². The molecule has 2 atom stereocenters. The van der Waals surface area contributed by atoms with Gasteiger partial charge in [-0.3, -0.25) is 10.1 Å². The van der Waals surface area contributed by atoms with Crippen LogP contribution in [0.25, 0.3) is 28.0 Å². The summed E-state index contributed by atoms with van der Waals surface area (Å²) in [4.78, 5) is 14.1. The maximum Gasteiger partial charge on any atom is 0.192 e. The van der Waals surface area contributed by atoms with E-state index in [1.165, 1.54) is 0 Å². The monoisotopic (exact) mass is 622 g/mol. The van der Waals surface area contributed by atoms with Crippen molar-refractivity contribution >= 4 is 30.2 Å². The second kappa shape index (κ2) is 11.9. The predicted octanol–water partition coefficient (Wildman–Crippen LogP) is 7.02. The molecular formula is C32H43FN6O2SSi. The summed E-state index contributed by atoms with van der Waals surface area (Å²) >= 11 is 0. The summed E-state index contributed by atoms with van der Waals surface area (Å²) in [5.74, 6) is 0.926. The fourth-order valence-corrected chi connectivity index (χ4v) is 7.19. The van der Waals surface area contributed by atoms with E-state index in [-0.39, 0.29) is 17.1 Å². The molecule has 11 heteroatoms. The van der Waals surface area contributed by atoms with E-state index < -0.39 is 30.7 Å². The van der Waals surface area contributed by atoms with Crippen LogP contribution < -0.4 is 5.14 Å². The second-order valence-electron chi connectivity index (χ2n) is 13.9. The molecule has 4 aromatic rings. The fraction of sp³-hybridized carbons (Fsp3) is 0.500. The van der Waals surface area contributed by atoms with E-state index in [0.29, 0.717) is 23.9 Å². The smallest absolute Gasteiger partial charge is 0.192 e. The maximum atomic E-state index is 13.3. The Morgan fingerprint density at radius 3 is 2.51 bits per heavy atom. The van der Waals surface area contributed by atoms with Crippen molar-refractivity contribution in [1.82, 2.24) is 24.7 Å². The molecule has 0 bridgehead atoms. The lowest BCUT2D eigenvalue weighted by Crippen LogP contribution is -2.49. The summed E-state index contributed by atoms with van der Waals surface area (Å²) in [5, 5.41) is 11.5. The van der Waals surface area contributed by atoms with Crippen LogP contribution in [-0.2, 0) is 22.1 Å². The van der Waals surface area contributed by atoms with E-state index in [1.54, 1.807) is 29.2 Å². The first-order valence-corrected chi connectivity index (χ1v) is 19.0. The Labute approximate surface area is 257 Å². The molecule has 0 aliphatic heterocycles. The van der Waals surface area contributed by atoms with E-state index in [4.69, 9.17) is 14.5 Å². The maximum absolute atomic E-state index is 13.3. The average Bonchev–Trinajstić information content (AvgIpc) is 3.36. The van der Waals surface area contributed by atoms with Gasteiger partial charge in [-0.1, -0.05) is 39.0 Å². The van der Waals surface area contributed by atoms with Gasteiger partial charge in [0.2, 0.25) is 0 Å². The van der Waals surface area contributed by atoms with E-state index >= 15 is 0 Å². The summed E-state index contributed by atoms with van der Waals surface area (Å²) in [7, 11) is -3.37. The fourth-order valence-electron chi connectivity index (χ4n) is 5.47. The third-order valence-electron chi connectivity index (χ3n) is 9.27. The Bertz CT molecular complexity index is 1630. The molecule has 1 saturated carbocycles. The zero-order chi connectivity index (χ0) is 31.2. The minimum Gasteiger partial charge on any atom is -0.414 e. The van der Waals surface area contributed by atoms with Crippen LogP contribution in [0.1, 0.15) is 71.2 Å². The molecule has 5 rings (SSSR count). The highest BCUT2D eigenvalue weighted by Gasteiger charge is 2.45. The molecular weight excluding hydrogens is 580 g/mol. The lowest BCUT2D eigenvalue weighted by Gasteiger charge is -2.47. The van der Waals surface area contributed by atoms with Gasteiger partial charge in [-0.05, 0) is 75.4 Å². The van der Waals surface area contributed by atoms with E-state index in [0.717, 1.165) is 40.7 Å². The van der Waals surface area contributed by atoms with Crippen LogP contribution in [0.3, 0.4) is 0 Å². The largest absolute Gasteiger partial charge is 0.414 e. The lowest BCUT2D eigenvalue weighted by molar-refractivity contribution is 0.0357. The van der Waals surface area contributed by atoms with Gasteiger partial charge in [-0.2, -0.15) is 5.10 Å². The van der Waals surface area contributed by atoms with Gasteiger partial charge in [0.1, 0.15) is 6.67 Å². The normalized spacial score (nSPS) is 19.3. The Morgan fingerprint density at radius 1 is 1.09 bits per heavy atom. The lowest BCUT2D eigenvalue weighted by atomic mass is 9.70. The van der Waals surface area contributed by atoms with Gasteiger partial charge in [-0.15, -0.1) is 0 Å². The number of aromatic nitrogens is 5.